The third-order valence-corrected chi connectivity index (χ3v) is 5.04. The normalized spacial score (nSPS) is 20.6. The summed E-state index contributed by atoms with van der Waals surface area (Å²) in [5.74, 6) is 1.43. The highest BCUT2D eigenvalue weighted by Crippen LogP contribution is 2.31. The van der Waals surface area contributed by atoms with Crippen molar-refractivity contribution in [3.05, 3.63) is 30.1 Å². The van der Waals surface area contributed by atoms with Crippen LogP contribution >= 0.6 is 24.8 Å². The predicted molar refractivity (Wildman–Crippen MR) is 106 cm³/mol. The van der Waals surface area contributed by atoms with Crippen molar-refractivity contribution in [2.24, 2.45) is 17.6 Å². The number of carbonyl (C=O) groups excluding carboxylic acids is 1. The van der Waals surface area contributed by atoms with Gasteiger partial charge in [0.05, 0.1) is 17.1 Å². The van der Waals surface area contributed by atoms with E-state index < -0.39 is 0 Å². The number of aryl methyl sites for hydroxylation is 1. The van der Waals surface area contributed by atoms with Gasteiger partial charge in [-0.2, -0.15) is 0 Å². The minimum absolute atomic E-state index is 0. The Hall–Kier alpha value is -1.30. The fourth-order valence-corrected chi connectivity index (χ4v) is 3.81. The van der Waals surface area contributed by atoms with E-state index >= 15 is 0 Å². The molecule has 140 valence electrons. The molecule has 1 saturated carbocycles. The van der Waals surface area contributed by atoms with Crippen LogP contribution in [0.15, 0.2) is 24.3 Å². The second-order valence-corrected chi connectivity index (χ2v) is 6.47. The van der Waals surface area contributed by atoms with E-state index in [4.69, 9.17) is 10.7 Å². The monoisotopic (exact) mass is 386 g/mol. The molecule has 1 aromatic heterocycles. The summed E-state index contributed by atoms with van der Waals surface area (Å²) in [6.07, 6.45) is 3.11. The molecule has 3 rings (SSSR count). The van der Waals surface area contributed by atoms with Crippen LogP contribution in [0, 0.1) is 11.8 Å². The van der Waals surface area contributed by atoms with Gasteiger partial charge >= 0.3 is 0 Å². The van der Waals surface area contributed by atoms with Gasteiger partial charge in [0, 0.05) is 12.5 Å². The number of halogens is 2. The standard InChI is InChI=1S/C18H26N4O.2ClH/c1-3-22-16-10-5-4-9-15(16)21-17(22)12(2)20-18(23)14-8-6-7-13(14)11-19;;/h4-5,9-10,12-14H,3,6-8,11,19H2,1-2H3,(H,20,23);2*1H/t12?,13-,14-;;/m1../s1. The SMILES string of the molecule is CCn1c(C(C)NC(=O)[C@@H]2CCC[C@@H]2CN)nc2ccccc21.Cl.Cl. The lowest BCUT2D eigenvalue weighted by Gasteiger charge is -2.21. The van der Waals surface area contributed by atoms with Crippen molar-refractivity contribution in [1.82, 2.24) is 14.9 Å². The van der Waals surface area contributed by atoms with Crippen LogP contribution in [0.1, 0.15) is 45.0 Å². The lowest BCUT2D eigenvalue weighted by atomic mass is 9.95. The van der Waals surface area contributed by atoms with Gasteiger partial charge < -0.3 is 15.6 Å². The van der Waals surface area contributed by atoms with Crippen LogP contribution < -0.4 is 11.1 Å². The third-order valence-electron chi connectivity index (χ3n) is 5.04. The molecule has 0 saturated heterocycles. The summed E-state index contributed by atoms with van der Waals surface area (Å²) in [7, 11) is 0. The zero-order valence-corrected chi connectivity index (χ0v) is 16.4. The molecule has 0 radical (unpaired) electrons. The molecule has 1 aromatic carbocycles. The zero-order valence-electron chi connectivity index (χ0n) is 14.8. The van der Waals surface area contributed by atoms with E-state index in [1.807, 2.05) is 25.1 Å². The van der Waals surface area contributed by atoms with Crippen molar-refractivity contribution >= 4 is 41.8 Å². The van der Waals surface area contributed by atoms with Crippen molar-refractivity contribution in [2.75, 3.05) is 6.54 Å². The maximum absolute atomic E-state index is 12.6. The molecule has 1 unspecified atom stereocenters. The largest absolute Gasteiger partial charge is 0.346 e. The highest BCUT2D eigenvalue weighted by atomic mass is 35.5. The molecule has 7 heteroatoms. The number of hydrogen-bond acceptors (Lipinski definition) is 3. The Kier molecular flexibility index (Phi) is 8.19. The molecule has 0 spiro atoms. The third kappa shape index (κ3) is 4.27. The summed E-state index contributed by atoms with van der Waals surface area (Å²) in [5.41, 5.74) is 7.90. The number of nitrogens with zero attached hydrogens (tertiary/aromatic N) is 2. The number of imidazole rings is 1. The number of benzene rings is 1. The maximum Gasteiger partial charge on any atom is 0.224 e. The summed E-state index contributed by atoms with van der Waals surface area (Å²) >= 11 is 0. The van der Waals surface area contributed by atoms with Gasteiger partial charge in [0.1, 0.15) is 5.82 Å². The number of amides is 1. The summed E-state index contributed by atoms with van der Waals surface area (Å²) in [6, 6.07) is 8.00. The molecule has 1 fully saturated rings. The Morgan fingerprint density at radius 2 is 2.08 bits per heavy atom. The quantitative estimate of drug-likeness (QED) is 0.825. The number of para-hydroxylation sites is 2. The van der Waals surface area contributed by atoms with Gasteiger partial charge in [-0.15, -0.1) is 24.8 Å². The van der Waals surface area contributed by atoms with E-state index in [1.54, 1.807) is 0 Å². The Bertz CT molecular complexity index is 703. The summed E-state index contributed by atoms with van der Waals surface area (Å²) < 4.78 is 2.18. The minimum Gasteiger partial charge on any atom is -0.346 e. The molecule has 5 nitrogen and oxygen atoms in total. The summed E-state index contributed by atoms with van der Waals surface area (Å²) in [5, 5.41) is 3.16. The molecule has 1 aliphatic carbocycles. The molecule has 3 atom stereocenters. The van der Waals surface area contributed by atoms with Crippen LogP contribution in [0.25, 0.3) is 11.0 Å². The van der Waals surface area contributed by atoms with Crippen molar-refractivity contribution in [1.29, 1.82) is 0 Å². The van der Waals surface area contributed by atoms with E-state index in [9.17, 15) is 4.79 Å². The second kappa shape index (κ2) is 9.41. The Balaban J connectivity index is 0.00000156. The second-order valence-electron chi connectivity index (χ2n) is 6.47. The lowest BCUT2D eigenvalue weighted by Crippen LogP contribution is -2.37. The smallest absolute Gasteiger partial charge is 0.224 e. The summed E-state index contributed by atoms with van der Waals surface area (Å²) in [4.78, 5) is 17.3. The van der Waals surface area contributed by atoms with Gasteiger partial charge in [0.2, 0.25) is 5.91 Å². The Morgan fingerprint density at radius 3 is 2.76 bits per heavy atom. The molecule has 3 N–H and O–H groups in total. The molecule has 2 aromatic rings. The first-order chi connectivity index (χ1) is 11.2. The molecule has 0 bridgehead atoms. The van der Waals surface area contributed by atoms with Gasteiger partial charge in [-0.3, -0.25) is 4.79 Å². The van der Waals surface area contributed by atoms with Gasteiger partial charge in [-0.05, 0) is 51.3 Å². The van der Waals surface area contributed by atoms with Crippen molar-refractivity contribution in [3.8, 4) is 0 Å². The van der Waals surface area contributed by atoms with Gasteiger partial charge in [0.25, 0.3) is 0 Å². The van der Waals surface area contributed by atoms with Crippen LogP contribution in [0.4, 0.5) is 0 Å². The topological polar surface area (TPSA) is 72.9 Å². The first-order valence-corrected chi connectivity index (χ1v) is 8.61. The predicted octanol–water partition coefficient (Wildman–Crippen LogP) is 3.45. The highest BCUT2D eigenvalue weighted by molar-refractivity contribution is 5.85. The van der Waals surface area contributed by atoms with E-state index in [-0.39, 0.29) is 42.7 Å². The van der Waals surface area contributed by atoms with E-state index in [2.05, 4.69) is 22.9 Å². The number of rotatable bonds is 5. The molecule has 1 aliphatic rings. The molecular formula is C18H28Cl2N4O. The fraction of sp³-hybridized carbons (Fsp3) is 0.556. The summed E-state index contributed by atoms with van der Waals surface area (Å²) in [6.45, 7) is 5.55. The maximum atomic E-state index is 12.6. The van der Waals surface area contributed by atoms with Gasteiger partial charge in [0.15, 0.2) is 0 Å². The van der Waals surface area contributed by atoms with Crippen molar-refractivity contribution < 1.29 is 4.79 Å². The number of fused-ring (bicyclic) bond motifs is 1. The number of carbonyl (C=O) groups is 1. The van der Waals surface area contributed by atoms with Crippen LogP contribution in [-0.4, -0.2) is 22.0 Å². The number of aromatic nitrogens is 2. The average molecular weight is 387 g/mol. The number of nitrogens with two attached hydrogens (primary N) is 1. The molecule has 1 heterocycles. The average Bonchev–Trinajstić information content (AvgIpc) is 3.18. The van der Waals surface area contributed by atoms with E-state index in [0.29, 0.717) is 12.5 Å². The Labute approximate surface area is 161 Å². The highest BCUT2D eigenvalue weighted by Gasteiger charge is 2.33. The van der Waals surface area contributed by atoms with E-state index in [0.717, 1.165) is 42.7 Å². The van der Waals surface area contributed by atoms with Gasteiger partial charge in [-0.1, -0.05) is 18.6 Å². The van der Waals surface area contributed by atoms with E-state index in [1.165, 1.54) is 0 Å². The van der Waals surface area contributed by atoms with Crippen LogP contribution in [0.2, 0.25) is 0 Å². The van der Waals surface area contributed by atoms with Gasteiger partial charge in [-0.25, -0.2) is 4.98 Å². The van der Waals surface area contributed by atoms with Crippen molar-refractivity contribution in [3.63, 3.8) is 0 Å². The molecule has 0 aliphatic heterocycles. The Morgan fingerprint density at radius 1 is 1.36 bits per heavy atom. The molecule has 1 amide bonds. The minimum atomic E-state index is -0.103. The molecular weight excluding hydrogens is 359 g/mol. The molecule has 25 heavy (non-hydrogen) atoms. The number of hydrogen-bond donors (Lipinski definition) is 2. The first kappa shape index (κ1) is 21.7. The first-order valence-electron chi connectivity index (χ1n) is 8.61. The van der Waals surface area contributed by atoms with Crippen LogP contribution in [-0.2, 0) is 11.3 Å². The van der Waals surface area contributed by atoms with Crippen molar-refractivity contribution in [2.45, 2.75) is 45.7 Å². The van der Waals surface area contributed by atoms with Crippen LogP contribution in [0.5, 0.6) is 0 Å². The zero-order chi connectivity index (χ0) is 16.4. The fourth-order valence-electron chi connectivity index (χ4n) is 3.81. The lowest BCUT2D eigenvalue weighted by molar-refractivity contribution is -0.126. The number of nitrogens with one attached hydrogen (secondary N) is 1. The van der Waals surface area contributed by atoms with Crippen LogP contribution in [0.3, 0.4) is 0 Å².